The minimum absolute atomic E-state index is 0.245. The molecule has 0 aliphatic rings. The molecule has 0 unspecified atom stereocenters. The van der Waals surface area contributed by atoms with E-state index in [1.807, 2.05) is 25.4 Å². The standard InChI is InChI=1S/C11H11FN2/c1-14-6-5-10(11(14)13)8-3-2-4-9(12)7-8/h2-7H,13H2,1H3. The molecule has 2 N–H and O–H groups in total. The van der Waals surface area contributed by atoms with Crippen LogP contribution in [0.1, 0.15) is 0 Å². The van der Waals surface area contributed by atoms with Gasteiger partial charge in [-0.1, -0.05) is 12.1 Å². The third-order valence-corrected chi connectivity index (χ3v) is 2.26. The van der Waals surface area contributed by atoms with Crippen molar-refractivity contribution in [2.75, 3.05) is 5.73 Å². The lowest BCUT2D eigenvalue weighted by molar-refractivity contribution is 0.628. The van der Waals surface area contributed by atoms with Crippen LogP contribution in [0.4, 0.5) is 10.2 Å². The van der Waals surface area contributed by atoms with Crippen molar-refractivity contribution in [1.82, 2.24) is 4.57 Å². The van der Waals surface area contributed by atoms with Crippen LogP contribution < -0.4 is 5.73 Å². The molecule has 0 fully saturated rings. The SMILES string of the molecule is Cn1ccc(-c2cccc(F)c2)c1N. The van der Waals surface area contributed by atoms with Gasteiger partial charge in [0.05, 0.1) is 0 Å². The highest BCUT2D eigenvalue weighted by Crippen LogP contribution is 2.26. The molecule has 0 atom stereocenters. The Labute approximate surface area is 81.8 Å². The van der Waals surface area contributed by atoms with Crippen LogP contribution in [0.15, 0.2) is 36.5 Å². The highest BCUT2D eigenvalue weighted by molar-refractivity contribution is 5.74. The van der Waals surface area contributed by atoms with Crippen LogP contribution in [0.25, 0.3) is 11.1 Å². The van der Waals surface area contributed by atoms with E-state index in [4.69, 9.17) is 5.73 Å². The predicted molar refractivity (Wildman–Crippen MR) is 55.2 cm³/mol. The van der Waals surface area contributed by atoms with Gasteiger partial charge >= 0.3 is 0 Å². The van der Waals surface area contributed by atoms with Gasteiger partial charge in [0.1, 0.15) is 11.6 Å². The van der Waals surface area contributed by atoms with Gasteiger partial charge in [-0.25, -0.2) is 4.39 Å². The van der Waals surface area contributed by atoms with Gasteiger partial charge in [-0.05, 0) is 23.8 Å². The molecule has 72 valence electrons. The highest BCUT2D eigenvalue weighted by atomic mass is 19.1. The fourth-order valence-electron chi connectivity index (χ4n) is 1.44. The van der Waals surface area contributed by atoms with Gasteiger partial charge in [0.2, 0.25) is 0 Å². The molecule has 2 rings (SSSR count). The topological polar surface area (TPSA) is 30.9 Å². The number of nitrogens with zero attached hydrogens (tertiary/aromatic N) is 1. The number of halogens is 1. The van der Waals surface area contributed by atoms with E-state index in [0.717, 1.165) is 11.1 Å². The maximum atomic E-state index is 12.9. The minimum Gasteiger partial charge on any atom is -0.385 e. The molecule has 0 saturated carbocycles. The smallest absolute Gasteiger partial charge is 0.123 e. The Morgan fingerprint density at radius 1 is 1.29 bits per heavy atom. The molecular formula is C11H11FN2. The van der Waals surface area contributed by atoms with E-state index in [0.29, 0.717) is 5.82 Å². The first-order valence-corrected chi connectivity index (χ1v) is 4.35. The number of hydrogen-bond donors (Lipinski definition) is 1. The van der Waals surface area contributed by atoms with Gasteiger partial charge in [-0.2, -0.15) is 0 Å². The molecule has 0 spiro atoms. The Balaban J connectivity index is 2.55. The molecule has 3 heteroatoms. The molecule has 0 bridgehead atoms. The van der Waals surface area contributed by atoms with Crippen molar-refractivity contribution in [3.8, 4) is 11.1 Å². The Morgan fingerprint density at radius 2 is 2.07 bits per heavy atom. The first-order valence-electron chi connectivity index (χ1n) is 4.35. The molecule has 2 nitrogen and oxygen atoms in total. The zero-order chi connectivity index (χ0) is 10.1. The predicted octanol–water partition coefficient (Wildman–Crippen LogP) is 2.41. The van der Waals surface area contributed by atoms with Crippen LogP contribution in [0.3, 0.4) is 0 Å². The zero-order valence-electron chi connectivity index (χ0n) is 7.87. The van der Waals surface area contributed by atoms with Crippen LogP contribution in [-0.2, 0) is 7.05 Å². The fraction of sp³-hybridized carbons (Fsp3) is 0.0909. The van der Waals surface area contributed by atoms with Crippen LogP contribution in [0.2, 0.25) is 0 Å². The molecule has 0 saturated heterocycles. The lowest BCUT2D eigenvalue weighted by Gasteiger charge is -2.01. The van der Waals surface area contributed by atoms with Gasteiger partial charge in [-0.3, -0.25) is 0 Å². The van der Waals surface area contributed by atoms with Crippen molar-refractivity contribution in [3.05, 3.63) is 42.3 Å². The minimum atomic E-state index is -0.245. The Bertz CT molecular complexity index is 460. The summed E-state index contributed by atoms with van der Waals surface area (Å²) >= 11 is 0. The molecular weight excluding hydrogens is 179 g/mol. The van der Waals surface area contributed by atoms with Gasteiger partial charge in [0.15, 0.2) is 0 Å². The summed E-state index contributed by atoms with van der Waals surface area (Å²) in [5, 5.41) is 0. The quantitative estimate of drug-likeness (QED) is 0.735. The van der Waals surface area contributed by atoms with Crippen molar-refractivity contribution in [2.24, 2.45) is 7.05 Å². The molecule has 2 aromatic rings. The third-order valence-electron chi connectivity index (χ3n) is 2.26. The second kappa shape index (κ2) is 3.18. The molecule has 0 aliphatic heterocycles. The third kappa shape index (κ3) is 1.37. The molecule has 1 heterocycles. The fourth-order valence-corrected chi connectivity index (χ4v) is 1.44. The number of anilines is 1. The Hall–Kier alpha value is -1.77. The van der Waals surface area contributed by atoms with Gasteiger partial charge in [-0.15, -0.1) is 0 Å². The van der Waals surface area contributed by atoms with Crippen LogP contribution in [0.5, 0.6) is 0 Å². The largest absolute Gasteiger partial charge is 0.385 e. The Kier molecular flexibility index (Phi) is 2.00. The monoisotopic (exact) mass is 190 g/mol. The molecule has 14 heavy (non-hydrogen) atoms. The average molecular weight is 190 g/mol. The summed E-state index contributed by atoms with van der Waals surface area (Å²) in [4.78, 5) is 0. The van der Waals surface area contributed by atoms with Crippen LogP contribution >= 0.6 is 0 Å². The van der Waals surface area contributed by atoms with E-state index in [1.165, 1.54) is 12.1 Å². The lowest BCUT2D eigenvalue weighted by atomic mass is 10.1. The van der Waals surface area contributed by atoms with Gasteiger partial charge < -0.3 is 10.3 Å². The van der Waals surface area contributed by atoms with Crippen molar-refractivity contribution in [2.45, 2.75) is 0 Å². The summed E-state index contributed by atoms with van der Waals surface area (Å²) in [6.45, 7) is 0. The first-order chi connectivity index (χ1) is 6.68. The second-order valence-corrected chi connectivity index (χ2v) is 3.24. The van der Waals surface area contributed by atoms with E-state index in [-0.39, 0.29) is 5.82 Å². The molecule has 1 aromatic heterocycles. The average Bonchev–Trinajstić information content (AvgIpc) is 2.48. The number of aryl methyl sites for hydroxylation is 1. The number of rotatable bonds is 1. The summed E-state index contributed by atoms with van der Waals surface area (Å²) in [5.41, 5.74) is 7.50. The van der Waals surface area contributed by atoms with E-state index in [1.54, 1.807) is 10.6 Å². The van der Waals surface area contributed by atoms with Crippen LogP contribution in [-0.4, -0.2) is 4.57 Å². The number of nitrogens with two attached hydrogens (primary N) is 1. The molecule has 0 amide bonds. The number of aromatic nitrogens is 1. The Morgan fingerprint density at radius 3 is 2.64 bits per heavy atom. The summed E-state index contributed by atoms with van der Waals surface area (Å²) in [6.07, 6.45) is 1.86. The van der Waals surface area contributed by atoms with E-state index < -0.39 is 0 Å². The van der Waals surface area contributed by atoms with Crippen molar-refractivity contribution < 1.29 is 4.39 Å². The summed E-state index contributed by atoms with van der Waals surface area (Å²) < 4.78 is 14.7. The van der Waals surface area contributed by atoms with Gasteiger partial charge in [0.25, 0.3) is 0 Å². The van der Waals surface area contributed by atoms with Crippen LogP contribution in [0, 0.1) is 5.82 Å². The summed E-state index contributed by atoms with van der Waals surface area (Å²) in [6, 6.07) is 8.30. The lowest BCUT2D eigenvalue weighted by Crippen LogP contribution is -1.95. The van der Waals surface area contributed by atoms with E-state index >= 15 is 0 Å². The summed E-state index contributed by atoms with van der Waals surface area (Å²) in [7, 11) is 1.86. The highest BCUT2D eigenvalue weighted by Gasteiger charge is 2.05. The molecule has 0 radical (unpaired) electrons. The zero-order valence-corrected chi connectivity index (χ0v) is 7.87. The maximum Gasteiger partial charge on any atom is 0.123 e. The van der Waals surface area contributed by atoms with E-state index in [9.17, 15) is 4.39 Å². The van der Waals surface area contributed by atoms with Gasteiger partial charge in [0, 0.05) is 18.8 Å². The van der Waals surface area contributed by atoms with Crippen molar-refractivity contribution in [1.29, 1.82) is 0 Å². The normalized spacial score (nSPS) is 10.4. The van der Waals surface area contributed by atoms with Crippen molar-refractivity contribution >= 4 is 5.82 Å². The van der Waals surface area contributed by atoms with Crippen molar-refractivity contribution in [3.63, 3.8) is 0 Å². The second-order valence-electron chi connectivity index (χ2n) is 3.24. The summed E-state index contributed by atoms with van der Waals surface area (Å²) in [5.74, 6) is 0.404. The molecule has 0 aliphatic carbocycles. The number of benzene rings is 1. The van der Waals surface area contributed by atoms with E-state index in [2.05, 4.69) is 0 Å². The number of hydrogen-bond acceptors (Lipinski definition) is 1. The maximum absolute atomic E-state index is 12.9. The molecule has 1 aromatic carbocycles. The number of nitrogen functional groups attached to an aromatic ring is 1. The first kappa shape index (κ1) is 8.81.